The average molecular weight is 396 g/mol. The Kier molecular flexibility index (Phi) is 8.36. The molecule has 25 heavy (non-hydrogen) atoms. The monoisotopic (exact) mass is 395 g/mol. The van der Waals surface area contributed by atoms with Gasteiger partial charge in [-0.05, 0) is 36.8 Å². The summed E-state index contributed by atoms with van der Waals surface area (Å²) in [7, 11) is -3.32. The van der Waals surface area contributed by atoms with E-state index in [1.165, 1.54) is 4.90 Å². The van der Waals surface area contributed by atoms with E-state index in [0.29, 0.717) is 18.7 Å². The molecule has 3 nitrogen and oxygen atoms in total. The maximum absolute atomic E-state index is 12.8. The Balaban J connectivity index is 1.95. The van der Waals surface area contributed by atoms with Crippen LogP contribution in [0, 0.1) is 0 Å². The lowest BCUT2D eigenvalue weighted by molar-refractivity contribution is 0.352. The van der Waals surface area contributed by atoms with Crippen molar-refractivity contribution in [2.75, 3.05) is 17.3 Å². The van der Waals surface area contributed by atoms with Gasteiger partial charge in [-0.2, -0.15) is 16.9 Å². The van der Waals surface area contributed by atoms with Crippen molar-refractivity contribution < 1.29 is 8.42 Å². The molecule has 6 heteroatoms. The van der Waals surface area contributed by atoms with E-state index in [0.717, 1.165) is 11.3 Å². The van der Waals surface area contributed by atoms with Crippen molar-refractivity contribution in [1.82, 2.24) is 4.31 Å². The highest BCUT2D eigenvalue weighted by atomic mass is 32.2. The first-order valence-corrected chi connectivity index (χ1v) is 11.6. The van der Waals surface area contributed by atoms with Crippen molar-refractivity contribution in [3.8, 4) is 0 Å². The molecule has 0 aliphatic carbocycles. The van der Waals surface area contributed by atoms with E-state index in [1.807, 2.05) is 67.6 Å². The maximum atomic E-state index is 12.8. The second kappa shape index (κ2) is 10.3. The first kappa shape index (κ1) is 20.4. The summed E-state index contributed by atoms with van der Waals surface area (Å²) in [5.41, 5.74) is 0.998. The Morgan fingerprint density at radius 3 is 2.24 bits per heavy atom. The van der Waals surface area contributed by atoms with Gasteiger partial charge in [0.25, 0.3) is 0 Å². The quantitative estimate of drug-likeness (QED) is 0.370. The molecule has 0 saturated carbocycles. The topological polar surface area (TPSA) is 37.4 Å². The molecule has 2 aromatic carbocycles. The van der Waals surface area contributed by atoms with Crippen molar-refractivity contribution in [3.63, 3.8) is 0 Å². The van der Waals surface area contributed by atoms with Gasteiger partial charge >= 0.3 is 0 Å². The van der Waals surface area contributed by atoms with Crippen LogP contribution < -0.4 is 0 Å². The van der Waals surface area contributed by atoms with E-state index in [-0.39, 0.29) is 11.8 Å². The van der Waals surface area contributed by atoms with E-state index in [4.69, 9.17) is 0 Å². The molecule has 0 bridgehead atoms. The Morgan fingerprint density at radius 1 is 1.04 bits per heavy atom. The third-order valence-electron chi connectivity index (χ3n) is 3.85. The molecular formula is C19H25NO2S3. The SMILES string of the molecule is CC(CS)N(Cc1ccccc1)S(=O)(=O)CCCSc1ccccc1. The molecule has 0 aliphatic heterocycles. The number of hydrogen-bond donors (Lipinski definition) is 1. The Bertz CT molecular complexity index is 721. The number of sulfonamides is 1. The zero-order valence-electron chi connectivity index (χ0n) is 14.4. The van der Waals surface area contributed by atoms with Crippen LogP contribution in [0.4, 0.5) is 0 Å². The van der Waals surface area contributed by atoms with Gasteiger partial charge in [0.1, 0.15) is 0 Å². The molecule has 2 rings (SSSR count). The minimum absolute atomic E-state index is 0.129. The second-order valence-corrected chi connectivity index (χ2v) is 9.47. The van der Waals surface area contributed by atoms with Gasteiger partial charge in [-0.25, -0.2) is 8.42 Å². The number of nitrogens with zero attached hydrogens (tertiary/aromatic N) is 1. The molecule has 1 atom stereocenters. The first-order valence-electron chi connectivity index (χ1n) is 8.35. The van der Waals surface area contributed by atoms with Crippen molar-refractivity contribution in [3.05, 3.63) is 66.2 Å². The lowest BCUT2D eigenvalue weighted by Crippen LogP contribution is -2.40. The van der Waals surface area contributed by atoms with Gasteiger partial charge in [-0.1, -0.05) is 48.5 Å². The highest BCUT2D eigenvalue weighted by Crippen LogP contribution is 2.20. The molecule has 0 radical (unpaired) electrons. The smallest absolute Gasteiger partial charge is 0.212 e. The minimum Gasteiger partial charge on any atom is -0.212 e. The predicted octanol–water partition coefficient (Wildman–Crippen LogP) is 4.32. The van der Waals surface area contributed by atoms with E-state index < -0.39 is 10.0 Å². The molecule has 0 heterocycles. The normalized spacial score (nSPS) is 13.1. The van der Waals surface area contributed by atoms with E-state index in [2.05, 4.69) is 12.6 Å². The fourth-order valence-electron chi connectivity index (χ4n) is 2.45. The predicted molar refractivity (Wildman–Crippen MR) is 111 cm³/mol. The third kappa shape index (κ3) is 6.70. The highest BCUT2D eigenvalue weighted by Gasteiger charge is 2.26. The number of benzene rings is 2. The fourth-order valence-corrected chi connectivity index (χ4v) is 5.52. The van der Waals surface area contributed by atoms with Crippen LogP contribution in [-0.4, -0.2) is 36.0 Å². The lowest BCUT2D eigenvalue weighted by Gasteiger charge is -2.27. The molecule has 0 saturated heterocycles. The van der Waals surface area contributed by atoms with Crippen molar-refractivity contribution >= 4 is 34.4 Å². The average Bonchev–Trinajstić information content (AvgIpc) is 2.64. The van der Waals surface area contributed by atoms with Crippen molar-refractivity contribution in [2.45, 2.75) is 30.8 Å². The summed E-state index contributed by atoms with van der Waals surface area (Å²) in [6.07, 6.45) is 0.631. The van der Waals surface area contributed by atoms with Gasteiger partial charge in [0, 0.05) is 23.2 Å². The summed E-state index contributed by atoms with van der Waals surface area (Å²) >= 11 is 5.99. The Labute approximate surface area is 161 Å². The van der Waals surface area contributed by atoms with Crippen LogP contribution in [0.1, 0.15) is 18.9 Å². The van der Waals surface area contributed by atoms with Crippen LogP contribution in [0.2, 0.25) is 0 Å². The fraction of sp³-hybridized carbons (Fsp3) is 0.368. The molecule has 0 spiro atoms. The van der Waals surface area contributed by atoms with Gasteiger partial charge in [-0.15, -0.1) is 11.8 Å². The van der Waals surface area contributed by atoms with E-state index >= 15 is 0 Å². The first-order chi connectivity index (χ1) is 12.0. The third-order valence-corrected chi connectivity index (χ3v) is 7.49. The maximum Gasteiger partial charge on any atom is 0.214 e. The summed E-state index contributed by atoms with van der Waals surface area (Å²) in [6, 6.07) is 19.6. The second-order valence-electron chi connectivity index (χ2n) is 5.89. The van der Waals surface area contributed by atoms with Gasteiger partial charge < -0.3 is 0 Å². The van der Waals surface area contributed by atoms with Gasteiger partial charge in [0.2, 0.25) is 10.0 Å². The molecule has 0 aromatic heterocycles. The molecule has 2 aromatic rings. The Hall–Kier alpha value is -0.950. The zero-order chi connectivity index (χ0) is 18.1. The molecule has 0 amide bonds. The van der Waals surface area contributed by atoms with Crippen molar-refractivity contribution in [2.24, 2.45) is 0 Å². The molecule has 0 aliphatic rings. The van der Waals surface area contributed by atoms with Crippen LogP contribution >= 0.6 is 24.4 Å². The Morgan fingerprint density at radius 2 is 1.64 bits per heavy atom. The van der Waals surface area contributed by atoms with Crippen LogP contribution in [-0.2, 0) is 16.6 Å². The number of rotatable bonds is 10. The molecule has 1 unspecified atom stereocenters. The number of thiol groups is 1. The minimum atomic E-state index is -3.32. The largest absolute Gasteiger partial charge is 0.214 e. The lowest BCUT2D eigenvalue weighted by atomic mass is 10.2. The van der Waals surface area contributed by atoms with Crippen LogP contribution in [0.3, 0.4) is 0 Å². The van der Waals surface area contributed by atoms with Gasteiger partial charge in [0.05, 0.1) is 5.75 Å². The molecular weight excluding hydrogens is 370 g/mol. The van der Waals surface area contributed by atoms with E-state index in [9.17, 15) is 8.42 Å². The van der Waals surface area contributed by atoms with Crippen molar-refractivity contribution in [1.29, 1.82) is 0 Å². The van der Waals surface area contributed by atoms with Crippen LogP contribution in [0.5, 0.6) is 0 Å². The summed E-state index contributed by atoms with van der Waals surface area (Å²) in [6.45, 7) is 2.31. The highest BCUT2D eigenvalue weighted by molar-refractivity contribution is 7.99. The summed E-state index contributed by atoms with van der Waals surface area (Å²) in [5, 5.41) is 0. The number of hydrogen-bond acceptors (Lipinski definition) is 4. The van der Waals surface area contributed by atoms with Crippen LogP contribution in [0.25, 0.3) is 0 Å². The molecule has 0 N–H and O–H groups in total. The summed E-state index contributed by atoms with van der Waals surface area (Å²) in [5.74, 6) is 1.46. The number of thioether (sulfide) groups is 1. The summed E-state index contributed by atoms with van der Waals surface area (Å²) < 4.78 is 27.2. The van der Waals surface area contributed by atoms with Gasteiger partial charge in [0.15, 0.2) is 0 Å². The zero-order valence-corrected chi connectivity index (χ0v) is 16.9. The van der Waals surface area contributed by atoms with E-state index in [1.54, 1.807) is 16.1 Å². The van der Waals surface area contributed by atoms with Crippen LogP contribution in [0.15, 0.2) is 65.6 Å². The standard InChI is InChI=1S/C19H25NO2S3/c1-17(16-23)20(15-18-9-4-2-5-10-18)25(21,22)14-8-13-24-19-11-6-3-7-12-19/h2-7,9-12,17,23H,8,13-16H2,1H3. The molecule has 0 fully saturated rings. The van der Waals surface area contributed by atoms with Gasteiger partial charge in [-0.3, -0.25) is 0 Å². The summed E-state index contributed by atoms with van der Waals surface area (Å²) in [4.78, 5) is 1.17. The molecule has 136 valence electrons.